The first-order chi connectivity index (χ1) is 11.2. The molecule has 0 aliphatic carbocycles. The van der Waals surface area contributed by atoms with E-state index in [2.05, 4.69) is 11.9 Å². The Balaban J connectivity index is 1.66. The summed E-state index contributed by atoms with van der Waals surface area (Å²) in [5, 5.41) is 8.64. The Kier molecular flexibility index (Phi) is 4.82. The topological polar surface area (TPSA) is 62.6 Å². The summed E-state index contributed by atoms with van der Waals surface area (Å²) in [7, 11) is 2.16. The van der Waals surface area contributed by atoms with Gasteiger partial charge in [-0.1, -0.05) is 30.3 Å². The third-order valence-corrected chi connectivity index (χ3v) is 5.14. The van der Waals surface area contributed by atoms with E-state index in [-0.39, 0.29) is 18.7 Å². The second-order valence-corrected chi connectivity index (χ2v) is 6.45. The lowest BCUT2D eigenvalue weighted by atomic mass is 9.98. The van der Waals surface area contributed by atoms with Gasteiger partial charge in [-0.25, -0.2) is 0 Å². The van der Waals surface area contributed by atoms with Gasteiger partial charge >= 0.3 is 5.97 Å². The minimum atomic E-state index is -0.548. The van der Waals surface area contributed by atoms with E-state index in [0.717, 1.165) is 18.4 Å². The molecule has 2 aliphatic heterocycles. The molecule has 2 aliphatic rings. The monoisotopic (exact) mass is 314 g/mol. The van der Waals surface area contributed by atoms with Gasteiger partial charge in [0.15, 0.2) is 0 Å². The Labute approximate surface area is 136 Å². The molecule has 0 spiro atoms. The van der Waals surface area contributed by atoms with E-state index in [4.69, 9.17) is 14.7 Å². The number of carbonyl (C=O) groups excluding carboxylic acids is 1. The van der Waals surface area contributed by atoms with Gasteiger partial charge in [0.05, 0.1) is 0 Å². The third-order valence-electron chi connectivity index (χ3n) is 5.14. The Bertz CT molecular complexity index is 570. The van der Waals surface area contributed by atoms with Crippen LogP contribution in [0, 0.1) is 11.5 Å². The van der Waals surface area contributed by atoms with Crippen molar-refractivity contribution in [2.45, 2.75) is 49.8 Å². The van der Waals surface area contributed by atoms with Crippen molar-refractivity contribution < 1.29 is 14.3 Å². The summed E-state index contributed by atoms with van der Waals surface area (Å²) in [5.41, 5.74) is 0.823. The summed E-state index contributed by atoms with van der Waals surface area (Å²) in [6.45, 7) is 0.0266. The maximum atomic E-state index is 12.6. The van der Waals surface area contributed by atoms with Gasteiger partial charge in [0.1, 0.15) is 18.6 Å². The number of nitriles is 1. The highest BCUT2D eigenvalue weighted by atomic mass is 16.5. The normalized spacial score (nSPS) is 27.9. The second kappa shape index (κ2) is 7.01. The predicted octanol–water partition coefficient (Wildman–Crippen LogP) is 2.44. The van der Waals surface area contributed by atoms with Crippen LogP contribution in [0.15, 0.2) is 30.3 Å². The molecule has 0 saturated carbocycles. The fourth-order valence-electron chi connectivity index (χ4n) is 3.81. The number of ether oxygens (including phenoxy) is 2. The van der Waals surface area contributed by atoms with Crippen LogP contribution in [0.1, 0.15) is 37.2 Å². The molecule has 0 radical (unpaired) electrons. The molecular formula is C18H22N2O3. The molecule has 0 amide bonds. The lowest BCUT2D eigenvalue weighted by Crippen LogP contribution is -2.43. The highest BCUT2D eigenvalue weighted by Crippen LogP contribution is 2.36. The zero-order valence-electron chi connectivity index (χ0n) is 13.4. The van der Waals surface area contributed by atoms with Gasteiger partial charge in [0.25, 0.3) is 6.26 Å². The van der Waals surface area contributed by atoms with E-state index in [9.17, 15) is 4.79 Å². The molecule has 23 heavy (non-hydrogen) atoms. The van der Waals surface area contributed by atoms with Gasteiger partial charge in [-0.3, -0.25) is 4.79 Å². The summed E-state index contributed by atoms with van der Waals surface area (Å²) in [4.78, 5) is 15.0. The maximum absolute atomic E-state index is 12.6. The van der Waals surface area contributed by atoms with E-state index in [1.54, 1.807) is 6.26 Å². The molecule has 1 aromatic rings. The SMILES string of the molecule is CN1C2CCC1CC(OC(=O)C(COC#N)c1ccccc1)C2. The van der Waals surface area contributed by atoms with Crippen molar-refractivity contribution in [2.24, 2.45) is 0 Å². The van der Waals surface area contributed by atoms with Crippen molar-refractivity contribution in [3.05, 3.63) is 35.9 Å². The number of hydrogen-bond donors (Lipinski definition) is 0. The van der Waals surface area contributed by atoms with Gasteiger partial charge in [-0.2, -0.15) is 5.26 Å². The van der Waals surface area contributed by atoms with Gasteiger partial charge < -0.3 is 14.4 Å². The van der Waals surface area contributed by atoms with Crippen LogP contribution >= 0.6 is 0 Å². The first kappa shape index (κ1) is 15.8. The molecule has 2 fully saturated rings. The standard InChI is InChI=1S/C18H22N2O3/c1-20-14-7-8-15(20)10-16(9-14)23-18(21)17(11-22-12-19)13-5-3-2-4-6-13/h2-6,14-17H,7-11H2,1H3. The average Bonchev–Trinajstić information content (AvgIpc) is 2.77. The maximum Gasteiger partial charge on any atom is 0.317 e. The number of carbonyl (C=O) groups is 1. The van der Waals surface area contributed by atoms with E-state index < -0.39 is 5.92 Å². The second-order valence-electron chi connectivity index (χ2n) is 6.45. The van der Waals surface area contributed by atoms with Crippen LogP contribution in [-0.2, 0) is 14.3 Å². The molecule has 0 aromatic heterocycles. The summed E-state index contributed by atoms with van der Waals surface area (Å²) >= 11 is 0. The summed E-state index contributed by atoms with van der Waals surface area (Å²) in [6.07, 6.45) is 5.80. The molecule has 2 saturated heterocycles. The largest absolute Gasteiger partial charge is 0.462 e. The third kappa shape index (κ3) is 3.48. The minimum Gasteiger partial charge on any atom is -0.462 e. The van der Waals surface area contributed by atoms with Crippen LogP contribution in [0.3, 0.4) is 0 Å². The van der Waals surface area contributed by atoms with Crippen LogP contribution in [0.4, 0.5) is 0 Å². The van der Waals surface area contributed by atoms with Crippen LogP contribution in [0.2, 0.25) is 0 Å². The van der Waals surface area contributed by atoms with Gasteiger partial charge in [-0.15, -0.1) is 0 Å². The first-order valence-electron chi connectivity index (χ1n) is 8.17. The molecule has 122 valence electrons. The summed E-state index contributed by atoms with van der Waals surface area (Å²) in [6, 6.07) is 10.4. The van der Waals surface area contributed by atoms with Gasteiger partial charge in [0.2, 0.25) is 0 Å². The number of hydrogen-bond acceptors (Lipinski definition) is 5. The molecule has 0 N–H and O–H groups in total. The Morgan fingerprint density at radius 1 is 1.30 bits per heavy atom. The zero-order valence-corrected chi connectivity index (χ0v) is 13.4. The van der Waals surface area contributed by atoms with Crippen LogP contribution < -0.4 is 0 Å². The highest BCUT2D eigenvalue weighted by Gasteiger charge is 2.40. The van der Waals surface area contributed by atoms with E-state index in [0.29, 0.717) is 12.1 Å². The number of fused-ring (bicyclic) bond motifs is 2. The molecular weight excluding hydrogens is 292 g/mol. The zero-order chi connectivity index (χ0) is 16.2. The molecule has 3 rings (SSSR count). The molecule has 2 bridgehead atoms. The van der Waals surface area contributed by atoms with Crippen molar-refractivity contribution in [3.8, 4) is 6.26 Å². The molecule has 2 heterocycles. The van der Waals surface area contributed by atoms with Crippen LogP contribution in [-0.4, -0.2) is 42.7 Å². The fraction of sp³-hybridized carbons (Fsp3) is 0.556. The number of piperidine rings is 1. The van der Waals surface area contributed by atoms with Gasteiger partial charge in [-0.05, 0) is 38.3 Å². The van der Waals surface area contributed by atoms with Crippen molar-refractivity contribution in [1.82, 2.24) is 4.90 Å². The summed E-state index contributed by atoms with van der Waals surface area (Å²) < 4.78 is 10.6. The minimum absolute atomic E-state index is 0.0236. The number of rotatable bonds is 5. The molecule has 5 nitrogen and oxygen atoms in total. The summed E-state index contributed by atoms with van der Waals surface area (Å²) in [5.74, 6) is -0.839. The number of esters is 1. The van der Waals surface area contributed by atoms with Crippen LogP contribution in [0.25, 0.3) is 0 Å². The Morgan fingerprint density at radius 3 is 2.57 bits per heavy atom. The molecule has 3 atom stereocenters. The smallest absolute Gasteiger partial charge is 0.317 e. The molecule has 5 heteroatoms. The van der Waals surface area contributed by atoms with Crippen LogP contribution in [0.5, 0.6) is 0 Å². The van der Waals surface area contributed by atoms with Gasteiger partial charge in [0, 0.05) is 12.1 Å². The van der Waals surface area contributed by atoms with Crippen molar-refractivity contribution in [3.63, 3.8) is 0 Å². The van der Waals surface area contributed by atoms with Crippen molar-refractivity contribution >= 4 is 5.97 Å². The van der Waals surface area contributed by atoms with E-state index in [1.807, 2.05) is 30.3 Å². The number of nitrogens with zero attached hydrogens (tertiary/aromatic N) is 2. The lowest BCUT2D eigenvalue weighted by Gasteiger charge is -2.36. The Hall–Kier alpha value is -2.06. The van der Waals surface area contributed by atoms with Crippen molar-refractivity contribution in [1.29, 1.82) is 5.26 Å². The highest BCUT2D eigenvalue weighted by molar-refractivity contribution is 5.78. The number of benzene rings is 1. The Morgan fingerprint density at radius 2 is 1.96 bits per heavy atom. The lowest BCUT2D eigenvalue weighted by molar-refractivity contribution is -0.155. The van der Waals surface area contributed by atoms with E-state index >= 15 is 0 Å². The van der Waals surface area contributed by atoms with E-state index in [1.165, 1.54) is 12.8 Å². The molecule has 1 aromatic carbocycles. The van der Waals surface area contributed by atoms with Crippen molar-refractivity contribution in [2.75, 3.05) is 13.7 Å². The quantitative estimate of drug-likeness (QED) is 0.617. The first-order valence-corrected chi connectivity index (χ1v) is 8.17. The molecule has 3 unspecified atom stereocenters. The fourth-order valence-corrected chi connectivity index (χ4v) is 3.81. The average molecular weight is 314 g/mol. The predicted molar refractivity (Wildman–Crippen MR) is 84.4 cm³/mol.